The molecule has 2 aromatic rings. The van der Waals surface area contributed by atoms with Gasteiger partial charge in [-0.25, -0.2) is 0 Å². The molecule has 0 fully saturated rings. The molecule has 0 radical (unpaired) electrons. The van der Waals surface area contributed by atoms with Gasteiger partial charge in [0.05, 0.1) is 16.5 Å². The smallest absolute Gasteiger partial charge is 0.325 e. The second-order valence-corrected chi connectivity index (χ2v) is 6.60. The Morgan fingerprint density at radius 2 is 1.83 bits per heavy atom. The molecular formula is C16H13ClF3NOS. The van der Waals surface area contributed by atoms with Gasteiger partial charge in [-0.05, 0) is 37.3 Å². The largest absolute Gasteiger partial charge is 0.418 e. The van der Waals surface area contributed by atoms with Crippen molar-refractivity contribution >= 4 is 35.0 Å². The summed E-state index contributed by atoms with van der Waals surface area (Å²) < 4.78 is 39.0. The summed E-state index contributed by atoms with van der Waals surface area (Å²) in [6.45, 7) is 1.64. The molecule has 23 heavy (non-hydrogen) atoms. The van der Waals surface area contributed by atoms with Gasteiger partial charge in [-0.3, -0.25) is 4.79 Å². The summed E-state index contributed by atoms with van der Waals surface area (Å²) in [6.07, 6.45) is -4.59. The van der Waals surface area contributed by atoms with Crippen LogP contribution in [0.5, 0.6) is 0 Å². The number of halogens is 4. The lowest BCUT2D eigenvalue weighted by Gasteiger charge is -2.16. The fourth-order valence-electron chi connectivity index (χ4n) is 1.85. The maximum atomic E-state index is 13.0. The first kappa shape index (κ1) is 17.7. The van der Waals surface area contributed by atoms with Crippen molar-refractivity contribution in [1.82, 2.24) is 0 Å². The number of alkyl halides is 3. The van der Waals surface area contributed by atoms with Crippen LogP contribution in [0.3, 0.4) is 0 Å². The van der Waals surface area contributed by atoms with Crippen LogP contribution in [0.4, 0.5) is 18.9 Å². The van der Waals surface area contributed by atoms with E-state index in [0.717, 1.165) is 17.0 Å². The first-order valence-corrected chi connectivity index (χ1v) is 7.92. The van der Waals surface area contributed by atoms with Gasteiger partial charge in [0.15, 0.2) is 0 Å². The molecule has 7 heteroatoms. The summed E-state index contributed by atoms with van der Waals surface area (Å²) in [5.74, 6) is -0.508. The van der Waals surface area contributed by atoms with Gasteiger partial charge in [-0.2, -0.15) is 13.2 Å². The molecule has 0 aliphatic carbocycles. The number of hydrogen-bond donors (Lipinski definition) is 1. The summed E-state index contributed by atoms with van der Waals surface area (Å²) >= 11 is 6.88. The summed E-state index contributed by atoms with van der Waals surface area (Å²) in [5, 5.41) is 1.74. The minimum absolute atomic E-state index is 0.0398. The quantitative estimate of drug-likeness (QED) is 0.732. The number of nitrogens with one attached hydrogen (secondary N) is 1. The molecule has 2 aromatic carbocycles. The fourth-order valence-corrected chi connectivity index (χ4v) is 2.91. The van der Waals surface area contributed by atoms with Crippen molar-refractivity contribution < 1.29 is 18.0 Å². The minimum Gasteiger partial charge on any atom is -0.325 e. The van der Waals surface area contributed by atoms with E-state index in [1.807, 2.05) is 30.3 Å². The first-order chi connectivity index (χ1) is 10.8. The van der Waals surface area contributed by atoms with Crippen molar-refractivity contribution in [2.45, 2.75) is 23.2 Å². The number of carbonyl (C=O) groups excluding carboxylic acids is 1. The first-order valence-electron chi connectivity index (χ1n) is 6.66. The lowest BCUT2D eigenvalue weighted by molar-refractivity contribution is -0.137. The molecule has 1 amide bonds. The van der Waals surface area contributed by atoms with E-state index in [9.17, 15) is 18.0 Å². The van der Waals surface area contributed by atoms with Crippen LogP contribution in [0.15, 0.2) is 53.4 Å². The number of benzene rings is 2. The Hall–Kier alpha value is -1.66. The second-order valence-electron chi connectivity index (χ2n) is 4.75. The molecular weight excluding hydrogens is 347 g/mol. The van der Waals surface area contributed by atoms with Crippen molar-refractivity contribution in [2.75, 3.05) is 5.32 Å². The Balaban J connectivity index is 2.14. The normalized spacial score (nSPS) is 12.7. The summed E-state index contributed by atoms with van der Waals surface area (Å²) in [6, 6.07) is 12.4. The van der Waals surface area contributed by atoms with E-state index in [4.69, 9.17) is 11.6 Å². The molecule has 0 aromatic heterocycles. The van der Waals surface area contributed by atoms with Gasteiger partial charge < -0.3 is 5.32 Å². The van der Waals surface area contributed by atoms with Crippen LogP contribution in [-0.4, -0.2) is 11.2 Å². The van der Waals surface area contributed by atoms with Crippen LogP contribution in [0.1, 0.15) is 12.5 Å². The lowest BCUT2D eigenvalue weighted by atomic mass is 10.1. The number of carbonyl (C=O) groups is 1. The third-order valence-corrected chi connectivity index (χ3v) is 4.32. The van der Waals surface area contributed by atoms with Crippen LogP contribution >= 0.6 is 23.4 Å². The third-order valence-electron chi connectivity index (χ3n) is 2.97. The van der Waals surface area contributed by atoms with Crippen LogP contribution in [-0.2, 0) is 11.0 Å². The molecule has 0 spiro atoms. The van der Waals surface area contributed by atoms with Gasteiger partial charge in [0.2, 0.25) is 5.91 Å². The molecule has 1 atom stereocenters. The van der Waals surface area contributed by atoms with Crippen molar-refractivity contribution in [3.05, 3.63) is 59.1 Å². The number of amides is 1. The highest BCUT2D eigenvalue weighted by Gasteiger charge is 2.34. The predicted octanol–water partition coefficient (Wildman–Crippen LogP) is 5.48. The van der Waals surface area contributed by atoms with Crippen molar-refractivity contribution in [2.24, 2.45) is 0 Å². The highest BCUT2D eigenvalue weighted by atomic mass is 35.5. The van der Waals surface area contributed by atoms with Crippen LogP contribution < -0.4 is 5.32 Å². The highest BCUT2D eigenvalue weighted by Crippen LogP contribution is 2.37. The van der Waals surface area contributed by atoms with Crippen molar-refractivity contribution in [3.63, 3.8) is 0 Å². The third kappa shape index (κ3) is 4.91. The zero-order valence-electron chi connectivity index (χ0n) is 12.0. The molecule has 122 valence electrons. The molecule has 0 saturated carbocycles. The SMILES string of the molecule is C[C@@H](Sc1ccccc1)C(=O)Nc1ccc(Cl)cc1C(F)(F)F. The molecule has 0 unspecified atom stereocenters. The maximum Gasteiger partial charge on any atom is 0.418 e. The van der Waals surface area contributed by atoms with E-state index in [1.165, 1.54) is 17.8 Å². The van der Waals surface area contributed by atoms with E-state index in [1.54, 1.807) is 6.92 Å². The molecule has 2 nitrogen and oxygen atoms in total. The average Bonchev–Trinajstić information content (AvgIpc) is 2.49. The second kappa shape index (κ2) is 7.27. The van der Waals surface area contributed by atoms with E-state index < -0.39 is 22.9 Å². The molecule has 0 saturated heterocycles. The maximum absolute atomic E-state index is 13.0. The predicted molar refractivity (Wildman–Crippen MR) is 86.8 cm³/mol. The highest BCUT2D eigenvalue weighted by molar-refractivity contribution is 8.00. The van der Waals surface area contributed by atoms with Crippen LogP contribution in [0.2, 0.25) is 5.02 Å². The summed E-state index contributed by atoms with van der Waals surface area (Å²) in [4.78, 5) is 13.0. The lowest BCUT2D eigenvalue weighted by Crippen LogP contribution is -2.24. The molecule has 1 N–H and O–H groups in total. The Labute approximate surface area is 141 Å². The Morgan fingerprint density at radius 1 is 1.17 bits per heavy atom. The van der Waals surface area contributed by atoms with E-state index in [2.05, 4.69) is 5.32 Å². The Morgan fingerprint density at radius 3 is 2.43 bits per heavy atom. The number of anilines is 1. The molecule has 0 aliphatic heterocycles. The van der Waals surface area contributed by atoms with Gasteiger partial charge in [-0.1, -0.05) is 29.8 Å². The molecule has 0 bridgehead atoms. The summed E-state index contributed by atoms with van der Waals surface area (Å²) in [7, 11) is 0. The monoisotopic (exact) mass is 359 g/mol. The number of thioether (sulfide) groups is 1. The van der Waals surface area contributed by atoms with Crippen LogP contribution in [0.25, 0.3) is 0 Å². The van der Waals surface area contributed by atoms with Gasteiger partial charge in [0, 0.05) is 9.92 Å². The number of rotatable bonds is 4. The standard InChI is InChI=1S/C16H13ClF3NOS/c1-10(23-12-5-3-2-4-6-12)15(22)21-14-8-7-11(17)9-13(14)16(18,19)20/h2-10H,1H3,(H,21,22)/t10-/m1/s1. The molecule has 0 aliphatic rings. The molecule has 0 heterocycles. The Bertz CT molecular complexity index is 691. The fraction of sp³-hybridized carbons (Fsp3) is 0.188. The topological polar surface area (TPSA) is 29.1 Å². The van der Waals surface area contributed by atoms with Gasteiger partial charge >= 0.3 is 6.18 Å². The van der Waals surface area contributed by atoms with E-state index >= 15 is 0 Å². The summed E-state index contributed by atoms with van der Waals surface area (Å²) in [5.41, 5.74) is -1.26. The number of hydrogen-bond acceptors (Lipinski definition) is 2. The van der Waals surface area contributed by atoms with Crippen molar-refractivity contribution in [3.8, 4) is 0 Å². The zero-order chi connectivity index (χ0) is 17.0. The molecule has 2 rings (SSSR count). The van der Waals surface area contributed by atoms with E-state index in [-0.39, 0.29) is 10.7 Å². The zero-order valence-corrected chi connectivity index (χ0v) is 13.6. The van der Waals surface area contributed by atoms with Gasteiger partial charge in [0.1, 0.15) is 0 Å². The van der Waals surface area contributed by atoms with Crippen LogP contribution in [0, 0.1) is 0 Å². The van der Waals surface area contributed by atoms with E-state index in [0.29, 0.717) is 0 Å². The van der Waals surface area contributed by atoms with Crippen molar-refractivity contribution in [1.29, 1.82) is 0 Å². The average molecular weight is 360 g/mol. The van der Waals surface area contributed by atoms with Gasteiger partial charge in [-0.15, -0.1) is 11.8 Å². The minimum atomic E-state index is -4.59. The Kier molecular flexibility index (Phi) is 5.59. The van der Waals surface area contributed by atoms with Gasteiger partial charge in [0.25, 0.3) is 0 Å².